The van der Waals surface area contributed by atoms with E-state index >= 15 is 0 Å². The highest BCUT2D eigenvalue weighted by Gasteiger charge is 2.27. The molecule has 0 aliphatic carbocycles. The van der Waals surface area contributed by atoms with E-state index in [2.05, 4.69) is 10.6 Å². The molecule has 0 saturated heterocycles. The molecule has 0 bridgehead atoms. The predicted octanol–water partition coefficient (Wildman–Crippen LogP) is 2.05. The van der Waals surface area contributed by atoms with Crippen LogP contribution in [0, 0.1) is 10.1 Å². The van der Waals surface area contributed by atoms with Crippen LogP contribution in [0.3, 0.4) is 0 Å². The zero-order chi connectivity index (χ0) is 15.6. The van der Waals surface area contributed by atoms with Crippen molar-refractivity contribution in [2.45, 2.75) is 38.6 Å². The summed E-state index contributed by atoms with van der Waals surface area (Å²) in [5.41, 5.74) is 0.958. The lowest BCUT2D eigenvalue weighted by atomic mass is 9.97. The minimum atomic E-state index is -0.655. The van der Waals surface area contributed by atoms with E-state index in [1.807, 2.05) is 6.92 Å². The highest BCUT2D eigenvalue weighted by atomic mass is 16.6. The summed E-state index contributed by atoms with van der Waals surface area (Å²) >= 11 is 0. The Labute approximate surface area is 122 Å². The van der Waals surface area contributed by atoms with Gasteiger partial charge in [0.15, 0.2) is 0 Å². The van der Waals surface area contributed by atoms with Crippen molar-refractivity contribution in [3.63, 3.8) is 0 Å². The number of nitro groups is 1. The van der Waals surface area contributed by atoms with E-state index in [0.29, 0.717) is 30.6 Å². The Hall–Kier alpha value is -2.15. The molecule has 1 aromatic carbocycles. The number of amides is 1. The van der Waals surface area contributed by atoms with E-state index in [0.717, 1.165) is 5.56 Å². The molecule has 21 heavy (non-hydrogen) atoms. The molecule has 1 atom stereocenters. The van der Waals surface area contributed by atoms with Gasteiger partial charge in [0.05, 0.1) is 17.1 Å². The number of benzene rings is 1. The lowest BCUT2D eigenvalue weighted by molar-refractivity contribution is -0.384. The van der Waals surface area contributed by atoms with Gasteiger partial charge in [-0.15, -0.1) is 0 Å². The topological polar surface area (TPSA) is 104 Å². The predicted molar refractivity (Wildman–Crippen MR) is 79.5 cm³/mol. The van der Waals surface area contributed by atoms with Crippen molar-refractivity contribution < 1.29 is 14.8 Å². The maximum Gasteiger partial charge on any atom is 0.292 e. The van der Waals surface area contributed by atoms with Crippen LogP contribution >= 0.6 is 0 Å². The minimum absolute atomic E-state index is 0.0435. The standard InChI is InChI=1S/C14H19N3O4/c1-3-14(2,8-18)16-11-7-10-9(4-5-13(19)15-10)6-12(11)17(20)21/h6-7,16,18H,3-5,8H2,1-2H3,(H,15,19). The van der Waals surface area contributed by atoms with Crippen molar-refractivity contribution in [1.82, 2.24) is 0 Å². The highest BCUT2D eigenvalue weighted by molar-refractivity contribution is 5.95. The largest absolute Gasteiger partial charge is 0.394 e. The van der Waals surface area contributed by atoms with Gasteiger partial charge in [-0.25, -0.2) is 0 Å². The number of aryl methyl sites for hydroxylation is 1. The molecule has 1 aliphatic rings. The smallest absolute Gasteiger partial charge is 0.292 e. The quantitative estimate of drug-likeness (QED) is 0.569. The first-order valence-electron chi connectivity index (χ1n) is 6.89. The Morgan fingerprint density at radius 3 is 2.76 bits per heavy atom. The van der Waals surface area contributed by atoms with Crippen molar-refractivity contribution >= 4 is 23.0 Å². The van der Waals surface area contributed by atoms with Crippen LogP contribution in [0.15, 0.2) is 12.1 Å². The molecule has 2 rings (SSSR count). The van der Waals surface area contributed by atoms with Gasteiger partial charge in [0, 0.05) is 18.2 Å². The Balaban J connectivity index is 2.45. The SMILES string of the molecule is CCC(C)(CO)Nc1cc2c(cc1[N+](=O)[O-])CCC(=O)N2. The number of carbonyl (C=O) groups excluding carboxylic acids is 1. The van der Waals surface area contributed by atoms with E-state index in [1.54, 1.807) is 13.0 Å². The second-order valence-corrected chi connectivity index (χ2v) is 5.53. The first kappa shape index (κ1) is 15.2. The number of fused-ring (bicyclic) bond motifs is 1. The van der Waals surface area contributed by atoms with Gasteiger partial charge in [0.1, 0.15) is 5.69 Å². The Kier molecular flexibility index (Phi) is 4.13. The average Bonchev–Trinajstić information content (AvgIpc) is 2.46. The van der Waals surface area contributed by atoms with E-state index in [4.69, 9.17) is 0 Å². The monoisotopic (exact) mass is 293 g/mol. The summed E-state index contributed by atoms with van der Waals surface area (Å²) in [5.74, 6) is -0.0947. The molecule has 0 fully saturated rings. The van der Waals surface area contributed by atoms with Crippen LogP contribution in [-0.4, -0.2) is 28.1 Å². The summed E-state index contributed by atoms with van der Waals surface area (Å²) in [6.45, 7) is 3.52. The van der Waals surface area contributed by atoms with Gasteiger partial charge in [-0.05, 0) is 31.4 Å². The van der Waals surface area contributed by atoms with Gasteiger partial charge in [0.2, 0.25) is 5.91 Å². The number of aliphatic hydroxyl groups is 1. The number of nitrogens with one attached hydrogen (secondary N) is 2. The summed E-state index contributed by atoms with van der Waals surface area (Å²) in [6.07, 6.45) is 1.43. The zero-order valence-electron chi connectivity index (χ0n) is 12.1. The van der Waals surface area contributed by atoms with Crippen LogP contribution in [-0.2, 0) is 11.2 Å². The number of nitro benzene ring substituents is 1. The molecule has 7 nitrogen and oxygen atoms in total. The molecule has 7 heteroatoms. The molecular formula is C14H19N3O4. The van der Waals surface area contributed by atoms with Gasteiger partial charge in [-0.2, -0.15) is 0 Å². The van der Waals surface area contributed by atoms with Crippen LogP contribution < -0.4 is 10.6 Å². The second-order valence-electron chi connectivity index (χ2n) is 5.53. The summed E-state index contributed by atoms with van der Waals surface area (Å²) in [6, 6.07) is 3.07. The number of carbonyl (C=O) groups is 1. The molecule has 0 saturated carbocycles. The summed E-state index contributed by atoms with van der Waals surface area (Å²) in [5, 5.41) is 26.5. The number of hydrogen-bond donors (Lipinski definition) is 3. The van der Waals surface area contributed by atoms with E-state index in [9.17, 15) is 20.0 Å². The van der Waals surface area contributed by atoms with Crippen LogP contribution in [0.4, 0.5) is 17.1 Å². The second kappa shape index (κ2) is 5.69. The number of rotatable bonds is 5. The number of hydrogen-bond acceptors (Lipinski definition) is 5. The summed E-state index contributed by atoms with van der Waals surface area (Å²) in [7, 11) is 0. The average molecular weight is 293 g/mol. The fourth-order valence-electron chi connectivity index (χ4n) is 2.23. The Morgan fingerprint density at radius 2 is 2.19 bits per heavy atom. The minimum Gasteiger partial charge on any atom is -0.394 e. The molecule has 0 spiro atoms. The molecule has 0 radical (unpaired) electrons. The van der Waals surface area contributed by atoms with Gasteiger partial charge in [0.25, 0.3) is 5.69 Å². The van der Waals surface area contributed by atoms with Crippen molar-refractivity contribution in [3.05, 3.63) is 27.8 Å². The highest BCUT2D eigenvalue weighted by Crippen LogP contribution is 2.35. The molecular weight excluding hydrogens is 274 g/mol. The van der Waals surface area contributed by atoms with Crippen LogP contribution in [0.2, 0.25) is 0 Å². The fraction of sp³-hybridized carbons (Fsp3) is 0.500. The zero-order valence-corrected chi connectivity index (χ0v) is 12.1. The van der Waals surface area contributed by atoms with E-state index < -0.39 is 10.5 Å². The molecule has 3 N–H and O–H groups in total. The lowest BCUT2D eigenvalue weighted by Gasteiger charge is -2.29. The maximum absolute atomic E-state index is 11.4. The summed E-state index contributed by atoms with van der Waals surface area (Å²) in [4.78, 5) is 22.2. The number of anilines is 2. The molecule has 1 amide bonds. The van der Waals surface area contributed by atoms with Gasteiger partial charge in [-0.1, -0.05) is 6.92 Å². The van der Waals surface area contributed by atoms with Crippen LogP contribution in [0.25, 0.3) is 0 Å². The molecule has 114 valence electrons. The van der Waals surface area contributed by atoms with Crippen molar-refractivity contribution in [2.24, 2.45) is 0 Å². The number of aliphatic hydroxyl groups excluding tert-OH is 1. The summed E-state index contributed by atoms with van der Waals surface area (Å²) < 4.78 is 0. The third kappa shape index (κ3) is 3.13. The van der Waals surface area contributed by atoms with Gasteiger partial charge in [-0.3, -0.25) is 14.9 Å². The first-order valence-corrected chi connectivity index (χ1v) is 6.89. The first-order chi connectivity index (χ1) is 9.88. The third-order valence-corrected chi connectivity index (χ3v) is 3.88. The van der Waals surface area contributed by atoms with Gasteiger partial charge < -0.3 is 15.7 Å². The molecule has 1 aromatic rings. The molecule has 0 aromatic heterocycles. The maximum atomic E-state index is 11.4. The van der Waals surface area contributed by atoms with Crippen molar-refractivity contribution in [1.29, 1.82) is 0 Å². The number of nitrogens with zero attached hydrogens (tertiary/aromatic N) is 1. The van der Waals surface area contributed by atoms with E-state index in [-0.39, 0.29) is 18.2 Å². The Bertz CT molecular complexity index is 582. The molecule has 1 unspecified atom stereocenters. The molecule has 1 aliphatic heterocycles. The van der Waals surface area contributed by atoms with Crippen molar-refractivity contribution in [2.75, 3.05) is 17.2 Å². The van der Waals surface area contributed by atoms with E-state index in [1.165, 1.54) is 6.07 Å². The lowest BCUT2D eigenvalue weighted by Crippen LogP contribution is -2.38. The van der Waals surface area contributed by atoms with Gasteiger partial charge >= 0.3 is 0 Å². The van der Waals surface area contributed by atoms with Crippen LogP contribution in [0.5, 0.6) is 0 Å². The normalized spacial score (nSPS) is 16.6. The van der Waals surface area contributed by atoms with Crippen LogP contribution in [0.1, 0.15) is 32.3 Å². The van der Waals surface area contributed by atoms with Crippen molar-refractivity contribution in [3.8, 4) is 0 Å². The fourth-order valence-corrected chi connectivity index (χ4v) is 2.23. The Morgan fingerprint density at radius 1 is 1.48 bits per heavy atom. The third-order valence-electron chi connectivity index (χ3n) is 3.88. The molecule has 1 heterocycles.